The molecule has 1 aliphatic heterocycles. The maximum absolute atomic E-state index is 12.7. The van der Waals surface area contributed by atoms with Crippen molar-refractivity contribution in [1.82, 2.24) is 0 Å². The van der Waals surface area contributed by atoms with E-state index in [0.717, 1.165) is 12.8 Å². The first kappa shape index (κ1) is 12.3. The molecule has 0 spiro atoms. The Morgan fingerprint density at radius 3 is 1.90 bits per heavy atom. The predicted molar refractivity (Wildman–Crippen MR) is 76.0 cm³/mol. The van der Waals surface area contributed by atoms with Crippen LogP contribution < -0.4 is 4.90 Å². The Morgan fingerprint density at radius 2 is 1.48 bits per heavy atom. The van der Waals surface area contributed by atoms with Gasteiger partial charge in [0.1, 0.15) is 0 Å². The zero-order valence-corrected chi connectivity index (χ0v) is 11.4. The number of carbonyl (C=O) groups is 2. The van der Waals surface area contributed by atoms with Crippen LogP contribution in [0.3, 0.4) is 0 Å². The third-order valence-corrected chi connectivity index (χ3v) is 5.01. The van der Waals surface area contributed by atoms with Crippen molar-refractivity contribution in [2.24, 2.45) is 23.7 Å². The molecule has 1 heterocycles. The van der Waals surface area contributed by atoms with E-state index in [1.165, 1.54) is 4.90 Å². The van der Waals surface area contributed by atoms with Crippen molar-refractivity contribution in [2.45, 2.75) is 12.8 Å². The molecule has 104 valence electrons. The molecule has 21 heavy (non-hydrogen) atoms. The van der Waals surface area contributed by atoms with Crippen molar-refractivity contribution in [3.05, 3.63) is 42.0 Å². The Morgan fingerprint density at radius 1 is 0.952 bits per heavy atom. The number of benzene rings is 1. The number of hydrogen-bond donors (Lipinski definition) is 0. The number of hydrogen-bond acceptors (Lipinski definition) is 3. The molecule has 2 bridgehead atoms. The summed E-state index contributed by atoms with van der Waals surface area (Å²) in [5, 5.41) is 8.84. The number of anilines is 1. The largest absolute Gasteiger partial charge is 0.274 e. The molecule has 0 N–H and O–H groups in total. The third kappa shape index (κ3) is 1.61. The molecular weight excluding hydrogens is 264 g/mol. The van der Waals surface area contributed by atoms with Crippen LogP contribution in [-0.2, 0) is 9.59 Å². The minimum absolute atomic E-state index is 0.0752. The number of carbonyl (C=O) groups excluding carboxylic acids is 2. The number of fused-ring (bicyclic) bond motifs is 1. The Bertz CT molecular complexity index is 666. The van der Waals surface area contributed by atoms with Gasteiger partial charge in [-0.2, -0.15) is 5.26 Å². The summed E-state index contributed by atoms with van der Waals surface area (Å²) in [5.41, 5.74) is 1.11. The second kappa shape index (κ2) is 4.29. The fraction of sp³-hybridized carbons (Fsp3) is 0.353. The summed E-state index contributed by atoms with van der Waals surface area (Å²) in [5.74, 6) is -0.101. The van der Waals surface area contributed by atoms with Crippen LogP contribution in [0.1, 0.15) is 18.4 Å². The predicted octanol–water partition coefficient (Wildman–Crippen LogP) is 2.26. The summed E-state index contributed by atoms with van der Waals surface area (Å²) in [4.78, 5) is 26.7. The third-order valence-electron chi connectivity index (χ3n) is 5.01. The second-order valence-electron chi connectivity index (χ2n) is 6.01. The van der Waals surface area contributed by atoms with Gasteiger partial charge in [-0.05, 0) is 48.9 Å². The number of nitriles is 1. The minimum Gasteiger partial charge on any atom is -0.274 e. The SMILES string of the molecule is N#Cc1ccc(N2C(=O)[C@H]3[C@H](C2=O)[C@@H]2C=C[C@@H]3CC2)cc1. The average molecular weight is 278 g/mol. The molecule has 5 rings (SSSR count). The van der Waals surface area contributed by atoms with Gasteiger partial charge in [-0.1, -0.05) is 12.2 Å². The first-order chi connectivity index (χ1) is 10.2. The number of imide groups is 1. The van der Waals surface area contributed by atoms with Crippen molar-refractivity contribution in [1.29, 1.82) is 5.26 Å². The first-order valence-electron chi connectivity index (χ1n) is 7.27. The highest BCUT2D eigenvalue weighted by atomic mass is 16.2. The van der Waals surface area contributed by atoms with Crippen molar-refractivity contribution < 1.29 is 9.59 Å². The highest BCUT2D eigenvalue weighted by Gasteiger charge is 2.56. The van der Waals surface area contributed by atoms with Crippen molar-refractivity contribution in [3.8, 4) is 6.07 Å². The zero-order chi connectivity index (χ0) is 14.6. The van der Waals surface area contributed by atoms with Gasteiger partial charge in [0, 0.05) is 0 Å². The lowest BCUT2D eigenvalue weighted by Gasteiger charge is -2.38. The molecule has 1 aromatic rings. The summed E-state index contributed by atoms with van der Waals surface area (Å²) in [6, 6.07) is 8.69. The van der Waals surface area contributed by atoms with E-state index < -0.39 is 0 Å². The van der Waals surface area contributed by atoms with Gasteiger partial charge >= 0.3 is 0 Å². The molecule has 3 aliphatic carbocycles. The lowest BCUT2D eigenvalue weighted by atomic mass is 9.63. The summed E-state index contributed by atoms with van der Waals surface area (Å²) >= 11 is 0. The average Bonchev–Trinajstić information content (AvgIpc) is 2.82. The molecular formula is C17H14N2O2. The molecule has 4 atom stereocenters. The lowest BCUT2D eigenvalue weighted by Crippen LogP contribution is -2.38. The number of allylic oxidation sites excluding steroid dienone is 2. The molecule has 0 radical (unpaired) electrons. The first-order valence-corrected chi connectivity index (χ1v) is 7.27. The van der Waals surface area contributed by atoms with E-state index in [-0.39, 0.29) is 35.5 Å². The van der Waals surface area contributed by atoms with E-state index >= 15 is 0 Å². The van der Waals surface area contributed by atoms with Crippen molar-refractivity contribution >= 4 is 17.5 Å². The number of nitrogens with zero attached hydrogens (tertiary/aromatic N) is 2. The van der Waals surface area contributed by atoms with Gasteiger partial charge < -0.3 is 0 Å². The summed E-state index contributed by atoms with van der Waals surface area (Å²) in [6.45, 7) is 0. The van der Waals surface area contributed by atoms with Crippen LogP contribution in [0.25, 0.3) is 0 Å². The van der Waals surface area contributed by atoms with Crippen LogP contribution in [0.5, 0.6) is 0 Å². The van der Waals surface area contributed by atoms with Crippen molar-refractivity contribution in [3.63, 3.8) is 0 Å². The van der Waals surface area contributed by atoms with Crippen LogP contribution in [-0.4, -0.2) is 11.8 Å². The van der Waals surface area contributed by atoms with Gasteiger partial charge in [0.25, 0.3) is 0 Å². The number of rotatable bonds is 1. The smallest absolute Gasteiger partial charge is 0.238 e. The highest BCUT2D eigenvalue weighted by molar-refractivity contribution is 6.22. The maximum atomic E-state index is 12.7. The quantitative estimate of drug-likeness (QED) is 0.584. The Labute approximate surface area is 122 Å². The van der Waals surface area contributed by atoms with Crippen LogP contribution in [0.15, 0.2) is 36.4 Å². The molecule has 1 saturated carbocycles. The summed E-state index contributed by atoms with van der Waals surface area (Å²) in [7, 11) is 0. The Balaban J connectivity index is 1.73. The normalized spacial score (nSPS) is 33.2. The molecule has 2 fully saturated rings. The van der Waals surface area contributed by atoms with Crippen LogP contribution in [0.2, 0.25) is 0 Å². The molecule has 1 saturated heterocycles. The van der Waals surface area contributed by atoms with Gasteiger partial charge in [-0.25, -0.2) is 0 Å². The van der Waals surface area contributed by atoms with E-state index in [0.29, 0.717) is 11.3 Å². The molecule has 4 nitrogen and oxygen atoms in total. The van der Waals surface area contributed by atoms with E-state index in [1.807, 2.05) is 6.07 Å². The maximum Gasteiger partial charge on any atom is 0.238 e. The van der Waals surface area contributed by atoms with E-state index in [9.17, 15) is 9.59 Å². The molecule has 4 aliphatic rings. The monoisotopic (exact) mass is 278 g/mol. The molecule has 0 aromatic heterocycles. The van der Waals surface area contributed by atoms with E-state index in [1.54, 1.807) is 24.3 Å². The van der Waals surface area contributed by atoms with E-state index in [2.05, 4.69) is 12.2 Å². The molecule has 2 amide bonds. The second-order valence-corrected chi connectivity index (χ2v) is 6.01. The fourth-order valence-corrected chi connectivity index (χ4v) is 4.01. The zero-order valence-electron chi connectivity index (χ0n) is 11.4. The van der Waals surface area contributed by atoms with Crippen LogP contribution in [0.4, 0.5) is 5.69 Å². The number of amides is 2. The van der Waals surface area contributed by atoms with Gasteiger partial charge in [-0.15, -0.1) is 0 Å². The van der Waals surface area contributed by atoms with Crippen LogP contribution >= 0.6 is 0 Å². The van der Waals surface area contributed by atoms with Gasteiger partial charge in [0.05, 0.1) is 29.2 Å². The lowest BCUT2D eigenvalue weighted by molar-refractivity contribution is -0.124. The summed E-state index contributed by atoms with van der Waals surface area (Å²) < 4.78 is 0. The minimum atomic E-state index is -0.183. The van der Waals surface area contributed by atoms with E-state index in [4.69, 9.17) is 5.26 Å². The Hall–Kier alpha value is -2.41. The van der Waals surface area contributed by atoms with Crippen LogP contribution in [0, 0.1) is 35.0 Å². The standard InChI is InChI=1S/C17H14N2O2/c18-9-10-1-7-13(8-2-10)19-16(20)14-11-3-4-12(6-5-11)15(14)17(19)21/h1-4,7-8,11-12,14-15H,5-6H2/t11-,12-,14-,15-/m1/s1. The highest BCUT2D eigenvalue weighted by Crippen LogP contribution is 2.50. The summed E-state index contributed by atoms with van der Waals surface area (Å²) in [6.07, 6.45) is 6.23. The molecule has 0 unspecified atom stereocenters. The Kier molecular flexibility index (Phi) is 2.52. The van der Waals surface area contributed by atoms with Crippen molar-refractivity contribution in [2.75, 3.05) is 4.90 Å². The molecule has 4 heteroatoms. The molecule has 1 aromatic carbocycles. The van der Waals surface area contributed by atoms with Gasteiger partial charge in [0.15, 0.2) is 0 Å². The fourth-order valence-electron chi connectivity index (χ4n) is 4.01. The van der Waals surface area contributed by atoms with Gasteiger partial charge in [0.2, 0.25) is 11.8 Å². The topological polar surface area (TPSA) is 61.2 Å². The van der Waals surface area contributed by atoms with Gasteiger partial charge in [-0.3, -0.25) is 14.5 Å².